The number of carbonyl (C=O) groups is 1. The monoisotopic (exact) mass is 415 g/mol. The van der Waals surface area contributed by atoms with Crippen molar-refractivity contribution in [2.75, 3.05) is 13.1 Å². The van der Waals surface area contributed by atoms with Crippen molar-refractivity contribution >= 4 is 29.1 Å². The van der Waals surface area contributed by atoms with E-state index in [1.54, 1.807) is 23.1 Å². The molecular formula is C21H19Cl2N3O2. The van der Waals surface area contributed by atoms with Crippen LogP contribution in [0.5, 0.6) is 0 Å². The summed E-state index contributed by atoms with van der Waals surface area (Å²) in [6, 6.07) is 12.9. The standard InChI is InChI=1S/C21H19Cl2N3O2/c1-13-4-2-5-14(10-13)19-24-20(28-25-19)15-6-3-9-26(12-15)21(27)17-8-7-16(22)11-18(17)23/h2,4-5,7-8,10-11,15H,3,6,9,12H2,1H3/t15-/m0/s1. The maximum atomic E-state index is 12.9. The number of amides is 1. The Morgan fingerprint density at radius 1 is 1.21 bits per heavy atom. The number of hydrogen-bond donors (Lipinski definition) is 0. The SMILES string of the molecule is Cc1cccc(-c2noc([C@H]3CCCN(C(=O)c4ccc(Cl)cc4Cl)C3)n2)c1. The molecule has 5 nitrogen and oxygen atoms in total. The number of hydrogen-bond acceptors (Lipinski definition) is 4. The Bertz CT molecular complexity index is 1020. The van der Waals surface area contributed by atoms with Crippen LogP contribution in [0.1, 0.15) is 40.6 Å². The third-order valence-electron chi connectivity index (χ3n) is 4.94. The lowest BCUT2D eigenvalue weighted by molar-refractivity contribution is 0.0696. The molecule has 7 heteroatoms. The molecule has 1 fully saturated rings. The lowest BCUT2D eigenvalue weighted by Crippen LogP contribution is -2.39. The van der Waals surface area contributed by atoms with E-state index in [0.29, 0.717) is 40.4 Å². The fourth-order valence-corrected chi connectivity index (χ4v) is 3.99. The zero-order chi connectivity index (χ0) is 19.7. The average molecular weight is 416 g/mol. The highest BCUT2D eigenvalue weighted by atomic mass is 35.5. The average Bonchev–Trinajstić information content (AvgIpc) is 3.18. The molecule has 2 heterocycles. The van der Waals surface area contributed by atoms with Crippen LogP contribution in [0.3, 0.4) is 0 Å². The molecule has 4 rings (SSSR count). The molecule has 1 amide bonds. The molecule has 3 aromatic rings. The molecule has 1 aliphatic heterocycles. The third-order valence-corrected chi connectivity index (χ3v) is 5.49. The normalized spacial score (nSPS) is 17.0. The first kappa shape index (κ1) is 19.0. The van der Waals surface area contributed by atoms with Gasteiger partial charge in [-0.25, -0.2) is 0 Å². The van der Waals surface area contributed by atoms with Crippen molar-refractivity contribution in [3.63, 3.8) is 0 Å². The van der Waals surface area contributed by atoms with Crippen molar-refractivity contribution in [3.05, 3.63) is 69.5 Å². The van der Waals surface area contributed by atoms with Crippen LogP contribution in [-0.4, -0.2) is 34.0 Å². The second-order valence-corrected chi connectivity index (χ2v) is 7.88. The fraction of sp³-hybridized carbons (Fsp3) is 0.286. The molecule has 28 heavy (non-hydrogen) atoms. The Morgan fingerprint density at radius 3 is 2.86 bits per heavy atom. The topological polar surface area (TPSA) is 59.2 Å². The minimum Gasteiger partial charge on any atom is -0.339 e. The van der Waals surface area contributed by atoms with Crippen LogP contribution in [-0.2, 0) is 0 Å². The van der Waals surface area contributed by atoms with Crippen LogP contribution in [0.25, 0.3) is 11.4 Å². The third kappa shape index (κ3) is 3.91. The highest BCUT2D eigenvalue weighted by Crippen LogP contribution is 2.30. The Labute approximate surface area is 173 Å². The van der Waals surface area contributed by atoms with E-state index in [0.717, 1.165) is 24.0 Å². The van der Waals surface area contributed by atoms with Gasteiger partial charge in [-0.1, -0.05) is 52.1 Å². The van der Waals surface area contributed by atoms with Gasteiger partial charge in [-0.05, 0) is 44.0 Å². The lowest BCUT2D eigenvalue weighted by Gasteiger charge is -2.31. The summed E-state index contributed by atoms with van der Waals surface area (Å²) < 4.78 is 5.53. The summed E-state index contributed by atoms with van der Waals surface area (Å²) in [6.07, 6.45) is 1.76. The molecule has 0 aliphatic carbocycles. The summed E-state index contributed by atoms with van der Waals surface area (Å²) in [5.74, 6) is 1.04. The van der Waals surface area contributed by atoms with Gasteiger partial charge in [0.2, 0.25) is 11.7 Å². The van der Waals surface area contributed by atoms with Crippen molar-refractivity contribution in [2.24, 2.45) is 0 Å². The number of aryl methyl sites for hydroxylation is 1. The van der Waals surface area contributed by atoms with Gasteiger partial charge in [0.15, 0.2) is 0 Å². The molecule has 0 saturated carbocycles. The van der Waals surface area contributed by atoms with Gasteiger partial charge >= 0.3 is 0 Å². The minimum atomic E-state index is -0.107. The molecule has 1 aromatic heterocycles. The molecule has 1 aliphatic rings. The van der Waals surface area contributed by atoms with Crippen LogP contribution < -0.4 is 0 Å². The van der Waals surface area contributed by atoms with Crippen molar-refractivity contribution in [1.82, 2.24) is 15.0 Å². The first-order chi connectivity index (χ1) is 13.5. The smallest absolute Gasteiger partial charge is 0.255 e. The maximum Gasteiger partial charge on any atom is 0.255 e. The Balaban J connectivity index is 1.52. The van der Waals surface area contributed by atoms with Crippen LogP contribution in [0.15, 0.2) is 47.0 Å². The van der Waals surface area contributed by atoms with Gasteiger partial charge in [0.25, 0.3) is 5.91 Å². The second-order valence-electron chi connectivity index (χ2n) is 7.04. The lowest BCUT2D eigenvalue weighted by atomic mass is 9.97. The van der Waals surface area contributed by atoms with E-state index in [4.69, 9.17) is 27.7 Å². The maximum absolute atomic E-state index is 12.9. The van der Waals surface area contributed by atoms with Gasteiger partial charge in [-0.15, -0.1) is 0 Å². The molecule has 0 radical (unpaired) electrons. The van der Waals surface area contributed by atoms with E-state index < -0.39 is 0 Å². The molecule has 144 valence electrons. The Hall–Kier alpha value is -2.37. The van der Waals surface area contributed by atoms with Gasteiger partial charge in [-0.2, -0.15) is 4.98 Å². The second kappa shape index (κ2) is 7.94. The molecule has 0 unspecified atom stereocenters. The molecular weight excluding hydrogens is 397 g/mol. The number of aromatic nitrogens is 2. The quantitative estimate of drug-likeness (QED) is 0.576. The minimum absolute atomic E-state index is 0.00911. The number of carbonyl (C=O) groups excluding carboxylic acids is 1. The van der Waals surface area contributed by atoms with Crippen LogP contribution in [0.4, 0.5) is 0 Å². The Morgan fingerprint density at radius 2 is 2.07 bits per heavy atom. The fourth-order valence-electron chi connectivity index (χ4n) is 3.50. The molecule has 0 spiro atoms. The summed E-state index contributed by atoms with van der Waals surface area (Å²) >= 11 is 12.1. The first-order valence-electron chi connectivity index (χ1n) is 9.16. The summed E-state index contributed by atoms with van der Waals surface area (Å²) in [7, 11) is 0. The number of nitrogens with zero attached hydrogens (tertiary/aromatic N) is 3. The van der Waals surface area contributed by atoms with Gasteiger partial charge in [0.05, 0.1) is 16.5 Å². The van der Waals surface area contributed by atoms with Crippen LogP contribution in [0.2, 0.25) is 10.0 Å². The molecule has 0 N–H and O–H groups in total. The Kier molecular flexibility index (Phi) is 5.38. The predicted molar refractivity (Wildman–Crippen MR) is 109 cm³/mol. The number of likely N-dealkylation sites (tertiary alicyclic amines) is 1. The number of rotatable bonds is 3. The van der Waals surface area contributed by atoms with Gasteiger partial charge in [0, 0.05) is 23.7 Å². The molecule has 0 bridgehead atoms. The van der Waals surface area contributed by atoms with Crippen molar-refractivity contribution in [3.8, 4) is 11.4 Å². The zero-order valence-electron chi connectivity index (χ0n) is 15.4. The molecule has 1 saturated heterocycles. The van der Waals surface area contributed by atoms with Crippen LogP contribution in [0, 0.1) is 6.92 Å². The summed E-state index contributed by atoms with van der Waals surface area (Å²) in [5, 5.41) is 5.00. The van der Waals surface area contributed by atoms with E-state index in [2.05, 4.69) is 10.1 Å². The molecule has 1 atom stereocenters. The number of benzene rings is 2. The van der Waals surface area contributed by atoms with E-state index in [9.17, 15) is 4.79 Å². The highest BCUT2D eigenvalue weighted by molar-refractivity contribution is 6.36. The van der Waals surface area contributed by atoms with E-state index >= 15 is 0 Å². The largest absolute Gasteiger partial charge is 0.339 e. The van der Waals surface area contributed by atoms with Crippen molar-refractivity contribution < 1.29 is 9.32 Å². The van der Waals surface area contributed by atoms with Crippen LogP contribution >= 0.6 is 23.2 Å². The summed E-state index contributed by atoms with van der Waals surface area (Å²) in [5.41, 5.74) is 2.52. The summed E-state index contributed by atoms with van der Waals surface area (Å²) in [6.45, 7) is 3.22. The number of halogens is 2. The first-order valence-corrected chi connectivity index (χ1v) is 9.92. The zero-order valence-corrected chi connectivity index (χ0v) is 16.9. The van der Waals surface area contributed by atoms with E-state index in [-0.39, 0.29) is 11.8 Å². The van der Waals surface area contributed by atoms with Gasteiger partial charge < -0.3 is 9.42 Å². The molecule has 2 aromatic carbocycles. The van der Waals surface area contributed by atoms with Crippen molar-refractivity contribution in [1.29, 1.82) is 0 Å². The summed E-state index contributed by atoms with van der Waals surface area (Å²) in [4.78, 5) is 19.3. The van der Waals surface area contributed by atoms with Crippen molar-refractivity contribution in [2.45, 2.75) is 25.7 Å². The van der Waals surface area contributed by atoms with E-state index in [1.165, 1.54) is 0 Å². The predicted octanol–water partition coefficient (Wildman–Crippen LogP) is 5.37. The van der Waals surface area contributed by atoms with E-state index in [1.807, 2.05) is 31.2 Å². The highest BCUT2D eigenvalue weighted by Gasteiger charge is 2.30. The van der Waals surface area contributed by atoms with Gasteiger partial charge in [-0.3, -0.25) is 4.79 Å². The number of piperidine rings is 1. The van der Waals surface area contributed by atoms with Gasteiger partial charge in [0.1, 0.15) is 0 Å².